The van der Waals surface area contributed by atoms with Crippen LogP contribution in [0.15, 0.2) is 24.5 Å². The molecule has 0 aliphatic heterocycles. The summed E-state index contributed by atoms with van der Waals surface area (Å²) >= 11 is 0. The average molecular weight is 262 g/mol. The standard InChI is InChI=1S/C14H18N2O3/c1-9(2)12(7-19-3)16-8-15-13-10(14(17)18)5-4-6-11(13)16/h4-6,8-9,12H,7H2,1-3H3,(H,17,18). The van der Waals surface area contributed by atoms with Gasteiger partial charge in [0.2, 0.25) is 0 Å². The zero-order chi connectivity index (χ0) is 14.0. The van der Waals surface area contributed by atoms with E-state index in [9.17, 15) is 4.79 Å². The van der Waals surface area contributed by atoms with Gasteiger partial charge in [-0.05, 0) is 18.1 Å². The molecule has 19 heavy (non-hydrogen) atoms. The number of imidazole rings is 1. The van der Waals surface area contributed by atoms with Crippen LogP contribution in [-0.4, -0.2) is 34.3 Å². The van der Waals surface area contributed by atoms with Gasteiger partial charge in [0.15, 0.2) is 0 Å². The van der Waals surface area contributed by atoms with Crippen molar-refractivity contribution in [2.45, 2.75) is 19.9 Å². The first kappa shape index (κ1) is 13.5. The van der Waals surface area contributed by atoms with Crippen molar-refractivity contribution in [1.29, 1.82) is 0 Å². The fraction of sp³-hybridized carbons (Fsp3) is 0.429. The number of aromatic nitrogens is 2. The second kappa shape index (κ2) is 5.40. The molecule has 1 aromatic heterocycles. The molecule has 2 aromatic rings. The van der Waals surface area contributed by atoms with Crippen LogP contribution in [0.5, 0.6) is 0 Å². The third kappa shape index (κ3) is 2.46. The summed E-state index contributed by atoms with van der Waals surface area (Å²) in [5.41, 5.74) is 1.59. The Hall–Kier alpha value is -1.88. The minimum absolute atomic E-state index is 0.138. The number of methoxy groups -OCH3 is 1. The molecule has 0 amide bonds. The van der Waals surface area contributed by atoms with Gasteiger partial charge in [-0.25, -0.2) is 9.78 Å². The molecule has 1 N–H and O–H groups in total. The van der Waals surface area contributed by atoms with Crippen molar-refractivity contribution in [3.8, 4) is 0 Å². The van der Waals surface area contributed by atoms with Gasteiger partial charge in [0.25, 0.3) is 0 Å². The minimum atomic E-state index is -0.955. The summed E-state index contributed by atoms with van der Waals surface area (Å²) in [6.45, 7) is 4.79. The van der Waals surface area contributed by atoms with Crippen LogP contribution in [0.2, 0.25) is 0 Å². The number of fused-ring (bicyclic) bond motifs is 1. The summed E-state index contributed by atoms with van der Waals surface area (Å²) in [7, 11) is 1.66. The Morgan fingerprint density at radius 1 is 1.47 bits per heavy atom. The Kier molecular flexibility index (Phi) is 3.85. The van der Waals surface area contributed by atoms with Crippen molar-refractivity contribution in [2.75, 3.05) is 13.7 Å². The first-order valence-corrected chi connectivity index (χ1v) is 6.24. The van der Waals surface area contributed by atoms with Gasteiger partial charge < -0.3 is 14.4 Å². The number of ether oxygens (including phenoxy) is 1. The summed E-state index contributed by atoms with van der Waals surface area (Å²) in [6.07, 6.45) is 1.70. The number of carboxylic acids is 1. The molecule has 1 atom stereocenters. The Morgan fingerprint density at radius 3 is 2.79 bits per heavy atom. The van der Waals surface area contributed by atoms with E-state index in [1.807, 2.05) is 10.6 Å². The summed E-state index contributed by atoms with van der Waals surface area (Å²) in [5, 5.41) is 9.17. The zero-order valence-electron chi connectivity index (χ0n) is 11.3. The molecule has 102 valence electrons. The molecule has 0 fully saturated rings. The Labute approximate surface area is 111 Å². The lowest BCUT2D eigenvalue weighted by Gasteiger charge is -2.22. The van der Waals surface area contributed by atoms with Gasteiger partial charge in [-0.1, -0.05) is 19.9 Å². The number of carbonyl (C=O) groups is 1. The normalized spacial score (nSPS) is 13.1. The zero-order valence-corrected chi connectivity index (χ0v) is 11.3. The first-order valence-electron chi connectivity index (χ1n) is 6.24. The lowest BCUT2D eigenvalue weighted by molar-refractivity contribution is 0.0699. The maximum absolute atomic E-state index is 11.2. The van der Waals surface area contributed by atoms with Crippen LogP contribution in [0, 0.1) is 5.92 Å². The summed E-state index contributed by atoms with van der Waals surface area (Å²) in [4.78, 5) is 15.4. The average Bonchev–Trinajstić information content (AvgIpc) is 2.78. The van der Waals surface area contributed by atoms with Crippen molar-refractivity contribution in [3.63, 3.8) is 0 Å². The third-order valence-corrected chi connectivity index (χ3v) is 3.30. The molecule has 2 rings (SSSR count). The molecule has 0 bridgehead atoms. The molecule has 5 heteroatoms. The SMILES string of the molecule is COCC(C(C)C)n1cnc2c(C(=O)O)cccc21. The van der Waals surface area contributed by atoms with Crippen LogP contribution in [-0.2, 0) is 4.74 Å². The predicted octanol–water partition coefficient (Wildman–Crippen LogP) is 2.58. The van der Waals surface area contributed by atoms with Crippen molar-refractivity contribution in [2.24, 2.45) is 5.92 Å². The van der Waals surface area contributed by atoms with E-state index in [4.69, 9.17) is 9.84 Å². The summed E-state index contributed by atoms with van der Waals surface area (Å²) in [5.74, 6) is -0.588. The molecule has 0 saturated heterocycles. The number of hydrogen-bond acceptors (Lipinski definition) is 3. The number of hydrogen-bond donors (Lipinski definition) is 1. The van der Waals surface area contributed by atoms with Gasteiger partial charge in [-0.3, -0.25) is 0 Å². The third-order valence-electron chi connectivity index (χ3n) is 3.30. The van der Waals surface area contributed by atoms with Crippen LogP contribution < -0.4 is 0 Å². The maximum Gasteiger partial charge on any atom is 0.337 e. The molecule has 0 radical (unpaired) electrons. The van der Waals surface area contributed by atoms with Crippen molar-refractivity contribution in [3.05, 3.63) is 30.1 Å². The molecular formula is C14H18N2O3. The number of benzene rings is 1. The van der Waals surface area contributed by atoms with E-state index in [1.54, 1.807) is 25.6 Å². The van der Waals surface area contributed by atoms with Crippen LogP contribution in [0.1, 0.15) is 30.2 Å². The van der Waals surface area contributed by atoms with E-state index >= 15 is 0 Å². The number of para-hydroxylation sites is 1. The highest BCUT2D eigenvalue weighted by Gasteiger charge is 2.20. The minimum Gasteiger partial charge on any atom is -0.478 e. The lowest BCUT2D eigenvalue weighted by Crippen LogP contribution is -2.19. The summed E-state index contributed by atoms with van der Waals surface area (Å²) < 4.78 is 7.25. The Balaban J connectivity index is 2.56. The van der Waals surface area contributed by atoms with E-state index in [0.717, 1.165) is 5.52 Å². The molecular weight excluding hydrogens is 244 g/mol. The number of carboxylic acid groups (broad SMARTS) is 1. The topological polar surface area (TPSA) is 64.4 Å². The van der Waals surface area contributed by atoms with Crippen molar-refractivity contribution >= 4 is 17.0 Å². The van der Waals surface area contributed by atoms with Crippen LogP contribution in [0.25, 0.3) is 11.0 Å². The van der Waals surface area contributed by atoms with Crippen LogP contribution in [0.4, 0.5) is 0 Å². The molecule has 0 aliphatic rings. The molecule has 0 saturated carbocycles. The quantitative estimate of drug-likeness (QED) is 0.899. The largest absolute Gasteiger partial charge is 0.478 e. The van der Waals surface area contributed by atoms with E-state index < -0.39 is 5.97 Å². The van der Waals surface area contributed by atoms with Gasteiger partial charge in [0.1, 0.15) is 5.52 Å². The smallest absolute Gasteiger partial charge is 0.337 e. The lowest BCUT2D eigenvalue weighted by atomic mass is 10.0. The highest BCUT2D eigenvalue weighted by molar-refractivity contribution is 6.00. The monoisotopic (exact) mass is 262 g/mol. The van der Waals surface area contributed by atoms with Gasteiger partial charge in [-0.2, -0.15) is 0 Å². The molecule has 0 spiro atoms. The van der Waals surface area contributed by atoms with Crippen LogP contribution in [0.3, 0.4) is 0 Å². The van der Waals surface area contributed by atoms with Gasteiger partial charge in [0.05, 0.1) is 30.1 Å². The van der Waals surface area contributed by atoms with Gasteiger partial charge in [0, 0.05) is 7.11 Å². The number of rotatable bonds is 5. The van der Waals surface area contributed by atoms with E-state index in [-0.39, 0.29) is 11.6 Å². The fourth-order valence-corrected chi connectivity index (χ4v) is 2.26. The fourth-order valence-electron chi connectivity index (χ4n) is 2.26. The van der Waals surface area contributed by atoms with E-state index in [0.29, 0.717) is 18.0 Å². The van der Waals surface area contributed by atoms with Crippen molar-refractivity contribution < 1.29 is 14.6 Å². The maximum atomic E-state index is 11.2. The van der Waals surface area contributed by atoms with E-state index in [2.05, 4.69) is 18.8 Å². The molecule has 0 aliphatic carbocycles. The second-order valence-corrected chi connectivity index (χ2v) is 4.90. The number of nitrogens with zero attached hydrogens (tertiary/aromatic N) is 2. The highest BCUT2D eigenvalue weighted by Crippen LogP contribution is 2.25. The van der Waals surface area contributed by atoms with Gasteiger partial charge >= 0.3 is 5.97 Å². The van der Waals surface area contributed by atoms with Gasteiger partial charge in [-0.15, -0.1) is 0 Å². The highest BCUT2D eigenvalue weighted by atomic mass is 16.5. The molecule has 1 unspecified atom stereocenters. The summed E-state index contributed by atoms with van der Waals surface area (Å²) in [6, 6.07) is 5.34. The first-order chi connectivity index (χ1) is 9.06. The number of aromatic carboxylic acids is 1. The molecule has 5 nitrogen and oxygen atoms in total. The Morgan fingerprint density at radius 2 is 2.21 bits per heavy atom. The second-order valence-electron chi connectivity index (χ2n) is 4.90. The van der Waals surface area contributed by atoms with Crippen molar-refractivity contribution in [1.82, 2.24) is 9.55 Å². The van der Waals surface area contributed by atoms with E-state index in [1.165, 1.54) is 0 Å². The van der Waals surface area contributed by atoms with Crippen LogP contribution >= 0.6 is 0 Å². The molecule has 1 heterocycles. The molecule has 1 aromatic carbocycles. The Bertz CT molecular complexity index is 589. The predicted molar refractivity (Wildman–Crippen MR) is 72.4 cm³/mol.